The normalized spacial score (nSPS) is 13.0. The Balaban J connectivity index is 1.55. The lowest BCUT2D eigenvalue weighted by Gasteiger charge is -2.34. The number of halogens is 1. The molecule has 9 nitrogen and oxygen atoms in total. The molecule has 0 aromatic heterocycles. The predicted octanol–water partition coefficient (Wildman–Crippen LogP) is 4.57. The predicted molar refractivity (Wildman–Crippen MR) is 168 cm³/mol. The molecule has 1 N–H and O–H groups in total. The molecule has 1 aliphatic heterocycles. The van der Waals surface area contributed by atoms with Gasteiger partial charge in [-0.25, -0.2) is 12.8 Å². The third kappa shape index (κ3) is 7.61. The lowest BCUT2D eigenvalue weighted by molar-refractivity contribution is -0.140. The molecule has 2 amide bonds. The van der Waals surface area contributed by atoms with Gasteiger partial charge in [0.15, 0.2) is 11.5 Å². The number of fused-ring (bicyclic) bond motifs is 1. The highest BCUT2D eigenvalue weighted by Gasteiger charge is 2.35. The molecule has 4 aromatic carbocycles. The number of amides is 2. The highest BCUT2D eigenvalue weighted by Crippen LogP contribution is 2.34. The second-order valence-corrected chi connectivity index (χ2v) is 12.3. The van der Waals surface area contributed by atoms with Gasteiger partial charge >= 0.3 is 0 Å². The van der Waals surface area contributed by atoms with Gasteiger partial charge < -0.3 is 19.7 Å². The fraction of sp³-hybridized carbons (Fsp3) is 0.235. The fourth-order valence-corrected chi connectivity index (χ4v) is 6.50. The molecule has 1 atom stereocenters. The van der Waals surface area contributed by atoms with E-state index >= 15 is 0 Å². The van der Waals surface area contributed by atoms with Crippen molar-refractivity contribution >= 4 is 27.5 Å². The number of hydrogen-bond acceptors (Lipinski definition) is 6. The number of carbonyl (C=O) groups excluding carboxylic acids is 2. The van der Waals surface area contributed by atoms with Crippen molar-refractivity contribution in [1.29, 1.82) is 0 Å². The maximum atomic E-state index is 14.4. The van der Waals surface area contributed by atoms with E-state index in [0.29, 0.717) is 18.9 Å². The van der Waals surface area contributed by atoms with E-state index in [2.05, 4.69) is 5.32 Å². The van der Waals surface area contributed by atoms with Crippen LogP contribution in [0.1, 0.15) is 18.1 Å². The molecule has 0 bridgehead atoms. The average Bonchev–Trinajstić information content (AvgIpc) is 3.06. The zero-order valence-corrected chi connectivity index (χ0v) is 25.6. The third-order valence-corrected chi connectivity index (χ3v) is 9.08. The van der Waals surface area contributed by atoms with Crippen LogP contribution in [0.3, 0.4) is 0 Å². The standard InChI is InChI=1S/C34H34FN3O6S/c1-2-36-34(40)30(21-25-9-5-3-6-10-25)37(23-26-11-7-4-8-12-26)33(39)24-38(28-15-13-27(35)14-16-28)45(41,42)29-17-18-31-32(22-29)44-20-19-43-31/h3-18,22,30H,2,19-21,23-24H2,1H3,(H,36,40)/t30-/m1/s1. The van der Waals surface area contributed by atoms with E-state index in [4.69, 9.17) is 9.47 Å². The first-order valence-corrected chi connectivity index (χ1v) is 16.0. The van der Waals surface area contributed by atoms with Gasteiger partial charge in [0.2, 0.25) is 11.8 Å². The molecule has 0 fully saturated rings. The van der Waals surface area contributed by atoms with E-state index in [1.54, 1.807) is 6.92 Å². The topological polar surface area (TPSA) is 105 Å². The molecule has 234 valence electrons. The van der Waals surface area contributed by atoms with E-state index < -0.39 is 34.3 Å². The van der Waals surface area contributed by atoms with Crippen molar-refractivity contribution < 1.29 is 31.9 Å². The van der Waals surface area contributed by atoms with Crippen LogP contribution in [0.5, 0.6) is 11.5 Å². The molecule has 0 unspecified atom stereocenters. The zero-order valence-electron chi connectivity index (χ0n) is 24.8. The summed E-state index contributed by atoms with van der Waals surface area (Å²) in [5.74, 6) is -0.876. The zero-order chi connectivity index (χ0) is 31.8. The van der Waals surface area contributed by atoms with Gasteiger partial charge in [0, 0.05) is 25.6 Å². The van der Waals surface area contributed by atoms with Crippen molar-refractivity contribution in [2.75, 3.05) is 30.6 Å². The Kier molecular flexibility index (Phi) is 9.99. The number of carbonyl (C=O) groups is 2. The Labute approximate surface area is 262 Å². The number of likely N-dealkylation sites (N-methyl/N-ethyl adjacent to an activating group) is 1. The second kappa shape index (κ2) is 14.3. The first kappa shape index (κ1) is 31.5. The fourth-order valence-electron chi connectivity index (χ4n) is 5.07. The third-order valence-electron chi connectivity index (χ3n) is 7.31. The van der Waals surface area contributed by atoms with Crippen LogP contribution in [-0.4, -0.2) is 57.5 Å². The van der Waals surface area contributed by atoms with Crippen molar-refractivity contribution in [3.05, 3.63) is 120 Å². The molecular formula is C34H34FN3O6S. The molecule has 0 aliphatic carbocycles. The SMILES string of the molecule is CCNC(=O)[C@@H](Cc1ccccc1)N(Cc1ccccc1)C(=O)CN(c1ccc(F)cc1)S(=O)(=O)c1ccc2c(c1)OCCO2. The molecule has 5 rings (SSSR count). The highest BCUT2D eigenvalue weighted by atomic mass is 32.2. The summed E-state index contributed by atoms with van der Waals surface area (Å²) >= 11 is 0. The van der Waals surface area contributed by atoms with Crippen LogP contribution >= 0.6 is 0 Å². The van der Waals surface area contributed by atoms with Crippen molar-refractivity contribution in [2.24, 2.45) is 0 Å². The van der Waals surface area contributed by atoms with Gasteiger partial charge in [0.05, 0.1) is 10.6 Å². The van der Waals surface area contributed by atoms with Crippen LogP contribution in [0.15, 0.2) is 108 Å². The summed E-state index contributed by atoms with van der Waals surface area (Å²) in [5.41, 5.74) is 1.67. The summed E-state index contributed by atoms with van der Waals surface area (Å²) in [5, 5.41) is 2.83. The minimum atomic E-state index is -4.39. The van der Waals surface area contributed by atoms with Crippen LogP contribution < -0.4 is 19.1 Å². The van der Waals surface area contributed by atoms with E-state index in [0.717, 1.165) is 27.6 Å². The molecule has 45 heavy (non-hydrogen) atoms. The van der Waals surface area contributed by atoms with Gasteiger partial charge in [-0.3, -0.25) is 13.9 Å². The van der Waals surface area contributed by atoms with Crippen LogP contribution in [0.25, 0.3) is 0 Å². The van der Waals surface area contributed by atoms with Crippen LogP contribution in [0, 0.1) is 5.82 Å². The van der Waals surface area contributed by atoms with Crippen molar-refractivity contribution in [1.82, 2.24) is 10.2 Å². The second-order valence-electron chi connectivity index (χ2n) is 10.4. The minimum Gasteiger partial charge on any atom is -0.486 e. The Hall–Kier alpha value is -4.90. The maximum absolute atomic E-state index is 14.4. The summed E-state index contributed by atoms with van der Waals surface area (Å²) < 4.78 is 54.4. The summed E-state index contributed by atoms with van der Waals surface area (Å²) in [6.07, 6.45) is 0.205. The van der Waals surface area contributed by atoms with E-state index in [1.807, 2.05) is 60.7 Å². The number of ether oxygens (including phenoxy) is 2. The van der Waals surface area contributed by atoms with Crippen LogP contribution in [-0.2, 0) is 32.6 Å². The number of hydrogen-bond donors (Lipinski definition) is 1. The quantitative estimate of drug-likeness (QED) is 0.246. The number of benzene rings is 4. The molecule has 4 aromatic rings. The molecule has 0 spiro atoms. The summed E-state index contributed by atoms with van der Waals surface area (Å²) in [6, 6.07) is 26.6. The smallest absolute Gasteiger partial charge is 0.264 e. The van der Waals surface area contributed by atoms with Crippen molar-refractivity contribution in [3.8, 4) is 11.5 Å². The average molecular weight is 632 g/mol. The summed E-state index contributed by atoms with van der Waals surface area (Å²) in [6.45, 7) is 2.13. The number of rotatable bonds is 12. The van der Waals surface area contributed by atoms with Crippen molar-refractivity contribution in [2.45, 2.75) is 30.8 Å². The first-order valence-electron chi connectivity index (χ1n) is 14.6. The van der Waals surface area contributed by atoms with Gasteiger partial charge in [-0.2, -0.15) is 0 Å². The van der Waals surface area contributed by atoms with E-state index in [-0.39, 0.29) is 41.8 Å². The Morgan fingerprint density at radius 1 is 0.844 bits per heavy atom. The van der Waals surface area contributed by atoms with E-state index in [1.165, 1.54) is 35.2 Å². The monoisotopic (exact) mass is 631 g/mol. The largest absolute Gasteiger partial charge is 0.486 e. The highest BCUT2D eigenvalue weighted by molar-refractivity contribution is 7.92. The van der Waals surface area contributed by atoms with Crippen LogP contribution in [0.4, 0.5) is 10.1 Å². The van der Waals surface area contributed by atoms with Gasteiger partial charge in [0.25, 0.3) is 10.0 Å². The van der Waals surface area contributed by atoms with E-state index in [9.17, 15) is 22.4 Å². The number of anilines is 1. The molecule has 0 radical (unpaired) electrons. The van der Waals surface area contributed by atoms with Crippen LogP contribution in [0.2, 0.25) is 0 Å². The van der Waals surface area contributed by atoms with Crippen molar-refractivity contribution in [3.63, 3.8) is 0 Å². The first-order chi connectivity index (χ1) is 21.8. The minimum absolute atomic E-state index is 0.0512. The lowest BCUT2D eigenvalue weighted by Crippen LogP contribution is -2.53. The Bertz CT molecular complexity index is 1720. The summed E-state index contributed by atoms with van der Waals surface area (Å²) in [7, 11) is -4.39. The van der Waals surface area contributed by atoms with Gasteiger partial charge in [-0.05, 0) is 54.4 Å². The Morgan fingerprint density at radius 2 is 1.47 bits per heavy atom. The van der Waals surface area contributed by atoms with Gasteiger partial charge in [-0.1, -0.05) is 60.7 Å². The number of sulfonamides is 1. The van der Waals surface area contributed by atoms with Gasteiger partial charge in [-0.15, -0.1) is 0 Å². The Morgan fingerprint density at radius 3 is 2.11 bits per heavy atom. The lowest BCUT2D eigenvalue weighted by atomic mass is 10.0. The summed E-state index contributed by atoms with van der Waals surface area (Å²) in [4.78, 5) is 29.2. The number of nitrogens with one attached hydrogen (secondary N) is 1. The maximum Gasteiger partial charge on any atom is 0.264 e. The molecule has 11 heteroatoms. The molecule has 1 heterocycles. The van der Waals surface area contributed by atoms with Gasteiger partial charge in [0.1, 0.15) is 31.6 Å². The molecule has 0 saturated heterocycles. The number of nitrogens with zero attached hydrogens (tertiary/aromatic N) is 2. The molecule has 1 aliphatic rings. The molecule has 0 saturated carbocycles. The molecular weight excluding hydrogens is 597 g/mol.